The second-order valence-electron chi connectivity index (χ2n) is 6.99. The molecule has 3 aromatic rings. The van der Waals surface area contributed by atoms with Gasteiger partial charge in [0, 0.05) is 6.04 Å². The Kier molecular flexibility index (Phi) is 7.32. The lowest BCUT2D eigenvalue weighted by Crippen LogP contribution is -2.40. The molecule has 1 amide bonds. The third kappa shape index (κ3) is 6.09. The number of rotatable bonds is 9. The highest BCUT2D eigenvalue weighted by atomic mass is 35.5. The molecular weight excluding hydrogens is 427 g/mol. The summed E-state index contributed by atoms with van der Waals surface area (Å²) in [6.45, 7) is -0.561. The molecule has 4 N–H and O–H groups in total. The molecule has 0 bridgehead atoms. The summed E-state index contributed by atoms with van der Waals surface area (Å²) in [7, 11) is 0. The molecule has 0 aliphatic carbocycles. The number of aliphatic carboxylic acids is 1. The highest BCUT2D eigenvalue weighted by molar-refractivity contribution is 6.28. The van der Waals surface area contributed by atoms with E-state index >= 15 is 0 Å². The number of carboxylic acid groups (broad SMARTS) is 1. The largest absolute Gasteiger partial charge is 0.481 e. The maximum absolute atomic E-state index is 13.5. The van der Waals surface area contributed by atoms with Crippen molar-refractivity contribution in [2.75, 3.05) is 6.61 Å². The van der Waals surface area contributed by atoms with Crippen LogP contribution in [0.5, 0.6) is 0 Å². The Balaban J connectivity index is 1.76. The van der Waals surface area contributed by atoms with E-state index in [2.05, 4.69) is 20.5 Å². The molecule has 0 aliphatic heterocycles. The van der Waals surface area contributed by atoms with Gasteiger partial charge < -0.3 is 15.5 Å². The predicted octanol–water partition coefficient (Wildman–Crippen LogP) is 2.69. The van der Waals surface area contributed by atoms with Gasteiger partial charge in [-0.3, -0.25) is 14.7 Å². The first kappa shape index (κ1) is 22.4. The van der Waals surface area contributed by atoms with Crippen LogP contribution >= 0.6 is 11.6 Å². The SMILES string of the molecule is O=C(N[C@H](Cc1ccc(-c2cccc(F)c2)cc1)C[C@@H](CO)C(=O)O)c1nc(Cl)n[nH]1. The molecule has 2 atom stereocenters. The van der Waals surface area contributed by atoms with E-state index in [9.17, 15) is 24.2 Å². The number of benzene rings is 2. The van der Waals surface area contributed by atoms with Crippen molar-refractivity contribution in [1.29, 1.82) is 0 Å². The summed E-state index contributed by atoms with van der Waals surface area (Å²) >= 11 is 5.63. The Bertz CT molecular complexity index is 1060. The summed E-state index contributed by atoms with van der Waals surface area (Å²) in [5, 5.41) is 27.2. The second-order valence-corrected chi connectivity index (χ2v) is 7.33. The van der Waals surface area contributed by atoms with Crippen molar-refractivity contribution < 1.29 is 24.2 Å². The first-order valence-electron chi connectivity index (χ1n) is 9.43. The summed E-state index contributed by atoms with van der Waals surface area (Å²) in [5.74, 6) is -3.24. The monoisotopic (exact) mass is 446 g/mol. The number of aliphatic hydroxyl groups excluding tert-OH is 1. The van der Waals surface area contributed by atoms with Gasteiger partial charge in [-0.05, 0) is 53.3 Å². The number of aromatic nitrogens is 3. The van der Waals surface area contributed by atoms with Gasteiger partial charge in [-0.15, -0.1) is 5.10 Å². The number of nitrogens with zero attached hydrogens (tertiary/aromatic N) is 2. The van der Waals surface area contributed by atoms with Gasteiger partial charge in [0.05, 0.1) is 12.5 Å². The summed E-state index contributed by atoms with van der Waals surface area (Å²) < 4.78 is 13.5. The molecule has 0 saturated carbocycles. The number of H-pyrrole nitrogens is 1. The van der Waals surface area contributed by atoms with E-state index < -0.39 is 30.4 Å². The number of hydrogen-bond donors (Lipinski definition) is 4. The van der Waals surface area contributed by atoms with E-state index in [1.807, 2.05) is 24.3 Å². The first-order chi connectivity index (χ1) is 14.9. The Labute approximate surface area is 182 Å². The van der Waals surface area contributed by atoms with Gasteiger partial charge in [0.2, 0.25) is 11.1 Å². The molecule has 0 fully saturated rings. The predicted molar refractivity (Wildman–Crippen MR) is 111 cm³/mol. The molecule has 10 heteroatoms. The molecule has 0 unspecified atom stereocenters. The zero-order chi connectivity index (χ0) is 22.4. The van der Waals surface area contributed by atoms with Crippen LogP contribution in [0.1, 0.15) is 22.6 Å². The van der Waals surface area contributed by atoms with E-state index in [-0.39, 0.29) is 23.3 Å². The van der Waals surface area contributed by atoms with Gasteiger partial charge in [0.1, 0.15) is 5.82 Å². The minimum Gasteiger partial charge on any atom is -0.481 e. The number of carbonyl (C=O) groups is 2. The van der Waals surface area contributed by atoms with Crippen LogP contribution < -0.4 is 5.32 Å². The van der Waals surface area contributed by atoms with Gasteiger partial charge in [-0.1, -0.05) is 36.4 Å². The number of hydrogen-bond acceptors (Lipinski definition) is 5. The Hall–Kier alpha value is -3.30. The highest BCUT2D eigenvalue weighted by Gasteiger charge is 2.25. The van der Waals surface area contributed by atoms with Crippen molar-refractivity contribution in [3.8, 4) is 11.1 Å². The lowest BCUT2D eigenvalue weighted by atomic mass is 9.94. The van der Waals surface area contributed by atoms with Crippen molar-refractivity contribution in [2.24, 2.45) is 5.92 Å². The third-order valence-electron chi connectivity index (χ3n) is 4.74. The number of amides is 1. The molecular formula is C21H20ClFN4O4. The summed E-state index contributed by atoms with van der Waals surface area (Å²) in [5.41, 5.74) is 2.37. The van der Waals surface area contributed by atoms with Crippen molar-refractivity contribution >= 4 is 23.5 Å². The molecule has 0 radical (unpaired) electrons. The topological polar surface area (TPSA) is 128 Å². The average molecular weight is 447 g/mol. The number of carbonyl (C=O) groups excluding carboxylic acids is 1. The fourth-order valence-electron chi connectivity index (χ4n) is 3.17. The summed E-state index contributed by atoms with van der Waals surface area (Å²) in [6.07, 6.45) is 0.311. The van der Waals surface area contributed by atoms with Gasteiger partial charge >= 0.3 is 5.97 Å². The molecule has 3 rings (SSSR count). The lowest BCUT2D eigenvalue weighted by molar-refractivity contribution is -0.143. The average Bonchev–Trinajstić information content (AvgIpc) is 3.18. The number of carboxylic acids is 1. The van der Waals surface area contributed by atoms with Crippen molar-refractivity contribution in [1.82, 2.24) is 20.5 Å². The highest BCUT2D eigenvalue weighted by Crippen LogP contribution is 2.22. The van der Waals surface area contributed by atoms with Crippen molar-refractivity contribution in [2.45, 2.75) is 18.9 Å². The summed E-state index contributed by atoms with van der Waals surface area (Å²) in [4.78, 5) is 27.5. The van der Waals surface area contributed by atoms with Gasteiger partial charge in [0.15, 0.2) is 0 Å². The Morgan fingerprint density at radius 3 is 2.48 bits per heavy atom. The molecule has 31 heavy (non-hydrogen) atoms. The van der Waals surface area contributed by atoms with E-state index in [1.165, 1.54) is 12.1 Å². The van der Waals surface area contributed by atoms with E-state index in [4.69, 9.17) is 11.6 Å². The Morgan fingerprint density at radius 2 is 1.90 bits per heavy atom. The molecule has 1 aromatic heterocycles. The quantitative estimate of drug-likeness (QED) is 0.400. The zero-order valence-corrected chi connectivity index (χ0v) is 17.0. The Morgan fingerprint density at radius 1 is 1.16 bits per heavy atom. The molecule has 0 aliphatic rings. The minimum absolute atomic E-state index is 0.00505. The van der Waals surface area contributed by atoms with Crippen LogP contribution in [0.2, 0.25) is 5.28 Å². The second kappa shape index (κ2) is 10.1. The molecule has 1 heterocycles. The van der Waals surface area contributed by atoms with Crippen molar-refractivity contribution in [3.05, 3.63) is 71.0 Å². The van der Waals surface area contributed by atoms with Crippen molar-refractivity contribution in [3.63, 3.8) is 0 Å². The van der Waals surface area contributed by atoms with Crippen LogP contribution in [0.3, 0.4) is 0 Å². The number of nitrogens with one attached hydrogen (secondary N) is 2. The van der Waals surface area contributed by atoms with Crippen LogP contribution in [0, 0.1) is 11.7 Å². The maximum atomic E-state index is 13.5. The minimum atomic E-state index is -1.16. The number of aromatic amines is 1. The lowest BCUT2D eigenvalue weighted by Gasteiger charge is -2.21. The van der Waals surface area contributed by atoms with Gasteiger partial charge in [-0.2, -0.15) is 4.98 Å². The van der Waals surface area contributed by atoms with E-state index in [0.29, 0.717) is 6.42 Å². The first-order valence-corrected chi connectivity index (χ1v) is 9.81. The molecule has 0 spiro atoms. The fourth-order valence-corrected chi connectivity index (χ4v) is 3.30. The normalized spacial score (nSPS) is 12.9. The van der Waals surface area contributed by atoms with Crippen LogP contribution in [0.25, 0.3) is 11.1 Å². The molecule has 2 aromatic carbocycles. The molecule has 0 saturated heterocycles. The number of halogens is 2. The van der Waals surface area contributed by atoms with Gasteiger partial charge in [0.25, 0.3) is 5.91 Å². The maximum Gasteiger partial charge on any atom is 0.308 e. The van der Waals surface area contributed by atoms with Crippen LogP contribution in [0.15, 0.2) is 48.5 Å². The summed E-state index contributed by atoms with van der Waals surface area (Å²) in [6, 6.07) is 12.9. The van der Waals surface area contributed by atoms with Crippen LogP contribution in [0.4, 0.5) is 4.39 Å². The van der Waals surface area contributed by atoms with Crippen LogP contribution in [-0.4, -0.2) is 49.9 Å². The zero-order valence-electron chi connectivity index (χ0n) is 16.3. The standard InChI is InChI=1S/C21H20ClFN4O4/c22-21-25-18(26-27-21)19(29)24-17(10-15(11-28)20(30)31)8-12-4-6-13(7-5-12)14-2-1-3-16(23)9-14/h1-7,9,15,17,28H,8,10-11H2,(H,24,29)(H,30,31)(H,25,26,27)/t15-,17+/m0/s1. The van der Waals surface area contributed by atoms with E-state index in [1.54, 1.807) is 12.1 Å². The van der Waals surface area contributed by atoms with Crippen LogP contribution in [-0.2, 0) is 11.2 Å². The fraction of sp³-hybridized carbons (Fsp3) is 0.238. The third-order valence-corrected chi connectivity index (χ3v) is 4.91. The van der Waals surface area contributed by atoms with Gasteiger partial charge in [-0.25, -0.2) is 4.39 Å². The smallest absolute Gasteiger partial charge is 0.308 e. The molecule has 8 nitrogen and oxygen atoms in total. The number of aliphatic hydroxyl groups is 1. The molecule has 162 valence electrons. The van der Waals surface area contributed by atoms with E-state index in [0.717, 1.165) is 16.7 Å².